The van der Waals surface area contributed by atoms with Gasteiger partial charge in [-0.1, -0.05) is 29.3 Å². The number of amides is 1. The Kier molecular flexibility index (Phi) is 3.44. The van der Waals surface area contributed by atoms with Crippen molar-refractivity contribution in [2.75, 3.05) is 6.54 Å². The average Bonchev–Trinajstić information content (AvgIpc) is 2.84. The predicted molar refractivity (Wildman–Crippen MR) is 78.8 cm³/mol. The second kappa shape index (κ2) is 5.11. The van der Waals surface area contributed by atoms with Gasteiger partial charge in [-0.3, -0.25) is 9.89 Å². The van der Waals surface area contributed by atoms with Crippen LogP contribution in [0.15, 0.2) is 18.2 Å². The maximum absolute atomic E-state index is 11.5. The second-order valence-electron chi connectivity index (χ2n) is 4.85. The second-order valence-corrected chi connectivity index (χ2v) is 5.66. The van der Waals surface area contributed by atoms with Gasteiger partial charge < -0.3 is 4.90 Å². The normalized spacial score (nSPS) is 14.2. The van der Waals surface area contributed by atoms with Gasteiger partial charge in [0, 0.05) is 43.3 Å². The van der Waals surface area contributed by atoms with Gasteiger partial charge in [-0.2, -0.15) is 5.10 Å². The Balaban J connectivity index is 2.02. The highest BCUT2D eigenvalue weighted by atomic mass is 35.5. The van der Waals surface area contributed by atoms with Crippen LogP contribution in [-0.4, -0.2) is 27.5 Å². The number of benzene rings is 1. The van der Waals surface area contributed by atoms with Crippen LogP contribution in [-0.2, 0) is 17.8 Å². The van der Waals surface area contributed by atoms with Crippen LogP contribution in [0.4, 0.5) is 0 Å². The Morgan fingerprint density at radius 2 is 2.15 bits per heavy atom. The summed E-state index contributed by atoms with van der Waals surface area (Å²) in [5.41, 5.74) is 3.89. The van der Waals surface area contributed by atoms with Crippen LogP contribution in [0.25, 0.3) is 11.3 Å². The summed E-state index contributed by atoms with van der Waals surface area (Å²) in [7, 11) is 0. The highest BCUT2D eigenvalue weighted by Gasteiger charge is 2.24. The summed E-state index contributed by atoms with van der Waals surface area (Å²) in [6.07, 6.45) is 0.795. The van der Waals surface area contributed by atoms with E-state index in [0.717, 1.165) is 35.5 Å². The number of rotatable bonds is 1. The molecule has 0 saturated heterocycles. The Hall–Kier alpha value is -1.52. The molecule has 0 unspecified atom stereocenters. The van der Waals surface area contributed by atoms with Crippen molar-refractivity contribution in [3.63, 3.8) is 0 Å². The number of nitrogens with one attached hydrogen (secondary N) is 1. The maximum atomic E-state index is 11.5. The van der Waals surface area contributed by atoms with Gasteiger partial charge in [-0.05, 0) is 12.1 Å². The van der Waals surface area contributed by atoms with Crippen LogP contribution >= 0.6 is 23.2 Å². The van der Waals surface area contributed by atoms with E-state index >= 15 is 0 Å². The third-order valence-electron chi connectivity index (χ3n) is 3.57. The summed E-state index contributed by atoms with van der Waals surface area (Å²) in [5, 5.41) is 8.44. The van der Waals surface area contributed by atoms with Crippen molar-refractivity contribution < 1.29 is 4.79 Å². The molecule has 0 aliphatic carbocycles. The minimum absolute atomic E-state index is 0.0805. The molecule has 0 bridgehead atoms. The van der Waals surface area contributed by atoms with Crippen LogP contribution in [0, 0.1) is 0 Å². The van der Waals surface area contributed by atoms with Crippen LogP contribution < -0.4 is 0 Å². The largest absolute Gasteiger partial charge is 0.338 e. The number of aromatic nitrogens is 2. The number of carbonyl (C=O) groups is 1. The zero-order valence-electron chi connectivity index (χ0n) is 10.9. The lowest BCUT2D eigenvalue weighted by molar-refractivity contribution is -0.129. The number of fused-ring (bicyclic) bond motifs is 1. The van der Waals surface area contributed by atoms with Gasteiger partial charge in [-0.15, -0.1) is 0 Å². The number of nitrogens with zero attached hydrogens (tertiary/aromatic N) is 2. The number of halogens is 2. The molecule has 2 aromatic rings. The molecule has 0 spiro atoms. The van der Waals surface area contributed by atoms with Crippen molar-refractivity contribution in [3.05, 3.63) is 39.5 Å². The molecule has 0 fully saturated rings. The van der Waals surface area contributed by atoms with E-state index in [0.29, 0.717) is 16.6 Å². The van der Waals surface area contributed by atoms with E-state index in [9.17, 15) is 4.79 Å². The van der Waals surface area contributed by atoms with Gasteiger partial charge in [0.1, 0.15) is 0 Å². The molecule has 3 rings (SSSR count). The maximum Gasteiger partial charge on any atom is 0.219 e. The van der Waals surface area contributed by atoms with Crippen molar-refractivity contribution >= 4 is 29.1 Å². The number of carbonyl (C=O) groups excluding carboxylic acids is 1. The summed E-state index contributed by atoms with van der Waals surface area (Å²) in [6, 6.07) is 5.44. The summed E-state index contributed by atoms with van der Waals surface area (Å²) in [5.74, 6) is 0.0805. The SMILES string of the molecule is CC(=O)N1CCc2[nH]nc(-c3ccc(Cl)c(Cl)c3)c2C1. The molecule has 1 aliphatic heterocycles. The van der Waals surface area contributed by atoms with Crippen LogP contribution in [0.5, 0.6) is 0 Å². The molecule has 2 heterocycles. The molecule has 1 aromatic carbocycles. The van der Waals surface area contributed by atoms with Gasteiger partial charge in [-0.25, -0.2) is 0 Å². The summed E-state index contributed by atoms with van der Waals surface area (Å²) in [6.45, 7) is 2.89. The van der Waals surface area contributed by atoms with Crippen molar-refractivity contribution in [2.24, 2.45) is 0 Å². The monoisotopic (exact) mass is 309 g/mol. The van der Waals surface area contributed by atoms with Gasteiger partial charge in [0.05, 0.1) is 15.7 Å². The van der Waals surface area contributed by atoms with Crippen LogP contribution in [0.3, 0.4) is 0 Å². The number of H-pyrrole nitrogens is 1. The van der Waals surface area contributed by atoms with Crippen molar-refractivity contribution in [3.8, 4) is 11.3 Å². The van der Waals surface area contributed by atoms with Crippen LogP contribution in [0.2, 0.25) is 10.0 Å². The minimum Gasteiger partial charge on any atom is -0.338 e. The molecule has 0 saturated carbocycles. The molecule has 104 valence electrons. The molecular weight excluding hydrogens is 297 g/mol. The average molecular weight is 310 g/mol. The highest BCUT2D eigenvalue weighted by molar-refractivity contribution is 6.42. The van der Waals surface area contributed by atoms with E-state index in [1.807, 2.05) is 11.0 Å². The molecule has 4 nitrogen and oxygen atoms in total. The molecule has 20 heavy (non-hydrogen) atoms. The molecule has 0 atom stereocenters. The standard InChI is InChI=1S/C14H13Cl2N3O/c1-8(20)19-5-4-13-10(7-19)14(18-17-13)9-2-3-11(15)12(16)6-9/h2-3,6H,4-5,7H2,1H3,(H,17,18). The summed E-state index contributed by atoms with van der Waals surface area (Å²) < 4.78 is 0. The quantitative estimate of drug-likeness (QED) is 0.878. The Labute approximate surface area is 126 Å². The molecule has 0 radical (unpaired) electrons. The van der Waals surface area contributed by atoms with E-state index in [1.54, 1.807) is 19.1 Å². The number of aromatic amines is 1. The third kappa shape index (κ3) is 2.30. The first-order valence-corrected chi connectivity index (χ1v) is 7.09. The lowest BCUT2D eigenvalue weighted by atomic mass is 10.0. The first-order chi connectivity index (χ1) is 9.56. The minimum atomic E-state index is 0.0805. The Bertz CT molecular complexity index is 681. The van der Waals surface area contributed by atoms with E-state index < -0.39 is 0 Å². The number of hydrogen-bond donors (Lipinski definition) is 1. The van der Waals surface area contributed by atoms with Gasteiger partial charge in [0.15, 0.2) is 0 Å². The summed E-state index contributed by atoms with van der Waals surface area (Å²) >= 11 is 12.0. The first kappa shape index (κ1) is 13.5. The van der Waals surface area contributed by atoms with Crippen molar-refractivity contribution in [2.45, 2.75) is 19.9 Å². The molecule has 6 heteroatoms. The predicted octanol–water partition coefficient (Wildman–Crippen LogP) is 3.29. The molecule has 1 N–H and O–H groups in total. The van der Waals surface area contributed by atoms with Crippen LogP contribution in [0.1, 0.15) is 18.2 Å². The number of hydrogen-bond acceptors (Lipinski definition) is 2. The lowest BCUT2D eigenvalue weighted by Crippen LogP contribution is -2.34. The molecular formula is C14H13Cl2N3O. The third-order valence-corrected chi connectivity index (χ3v) is 4.31. The van der Waals surface area contributed by atoms with Gasteiger partial charge in [0.2, 0.25) is 5.91 Å². The Morgan fingerprint density at radius 1 is 1.35 bits per heavy atom. The van der Waals surface area contributed by atoms with E-state index in [4.69, 9.17) is 23.2 Å². The molecule has 1 aromatic heterocycles. The topological polar surface area (TPSA) is 49.0 Å². The van der Waals surface area contributed by atoms with Gasteiger partial charge >= 0.3 is 0 Å². The zero-order valence-corrected chi connectivity index (χ0v) is 12.4. The molecule has 1 amide bonds. The van der Waals surface area contributed by atoms with E-state index in [2.05, 4.69) is 10.2 Å². The first-order valence-electron chi connectivity index (χ1n) is 6.33. The summed E-state index contributed by atoms with van der Waals surface area (Å²) in [4.78, 5) is 13.4. The zero-order chi connectivity index (χ0) is 14.3. The highest BCUT2D eigenvalue weighted by Crippen LogP contribution is 2.32. The van der Waals surface area contributed by atoms with Crippen molar-refractivity contribution in [1.29, 1.82) is 0 Å². The van der Waals surface area contributed by atoms with E-state index in [1.165, 1.54) is 0 Å². The fourth-order valence-corrected chi connectivity index (χ4v) is 2.74. The fraction of sp³-hybridized carbons (Fsp3) is 0.286. The molecule has 1 aliphatic rings. The smallest absolute Gasteiger partial charge is 0.219 e. The lowest BCUT2D eigenvalue weighted by Gasteiger charge is -2.25. The fourth-order valence-electron chi connectivity index (χ4n) is 2.45. The Morgan fingerprint density at radius 3 is 2.85 bits per heavy atom. The van der Waals surface area contributed by atoms with Crippen molar-refractivity contribution in [1.82, 2.24) is 15.1 Å². The van der Waals surface area contributed by atoms with E-state index in [-0.39, 0.29) is 5.91 Å². The van der Waals surface area contributed by atoms with Gasteiger partial charge in [0.25, 0.3) is 0 Å².